The minimum absolute atomic E-state index is 0.359. The number of terminal acetylenes is 1. The highest BCUT2D eigenvalue weighted by Crippen LogP contribution is 2.23. The molecule has 0 aromatic heterocycles. The predicted molar refractivity (Wildman–Crippen MR) is 86.5 cm³/mol. The molecule has 2 aromatic rings. The number of nitrogens with one attached hydrogen (secondary N) is 1. The second kappa shape index (κ2) is 7.23. The summed E-state index contributed by atoms with van der Waals surface area (Å²) in [7, 11) is 0. The van der Waals surface area contributed by atoms with Crippen LogP contribution in [0.4, 0.5) is 0 Å². The lowest BCUT2D eigenvalue weighted by atomic mass is 10.00. The van der Waals surface area contributed by atoms with E-state index >= 15 is 0 Å². The van der Waals surface area contributed by atoms with Crippen LogP contribution in [0.1, 0.15) is 18.5 Å². The van der Waals surface area contributed by atoms with Crippen molar-refractivity contribution in [2.45, 2.75) is 13.0 Å². The Bertz CT molecular complexity index is 565. The Morgan fingerprint density at radius 2 is 2.00 bits per heavy atom. The molecule has 0 fully saturated rings. The van der Waals surface area contributed by atoms with Gasteiger partial charge in [0.1, 0.15) is 0 Å². The van der Waals surface area contributed by atoms with Crippen LogP contribution < -0.4 is 5.32 Å². The van der Waals surface area contributed by atoms with Gasteiger partial charge in [-0.3, -0.25) is 0 Å². The van der Waals surface area contributed by atoms with E-state index in [2.05, 4.69) is 60.6 Å². The topological polar surface area (TPSA) is 12.0 Å². The smallest absolute Gasteiger partial charge is 0.0545 e. The fourth-order valence-corrected chi connectivity index (χ4v) is 2.74. The van der Waals surface area contributed by atoms with Crippen molar-refractivity contribution in [1.82, 2.24) is 5.32 Å². The van der Waals surface area contributed by atoms with Gasteiger partial charge in [-0.15, -0.1) is 18.2 Å². The van der Waals surface area contributed by atoms with E-state index in [1.165, 1.54) is 16.3 Å². The zero-order valence-corrected chi connectivity index (χ0v) is 12.0. The molecule has 19 heavy (non-hydrogen) atoms. The second-order valence-corrected chi connectivity index (χ2v) is 5.61. The van der Waals surface area contributed by atoms with Crippen LogP contribution in [-0.2, 0) is 0 Å². The van der Waals surface area contributed by atoms with Crippen LogP contribution in [0.25, 0.3) is 10.8 Å². The van der Waals surface area contributed by atoms with Crippen molar-refractivity contribution in [1.29, 1.82) is 0 Å². The molecule has 1 nitrogen and oxygen atoms in total. The largest absolute Gasteiger partial charge is 0.309 e. The summed E-state index contributed by atoms with van der Waals surface area (Å²) in [4.78, 5) is 0. The Labute approximate surface area is 119 Å². The lowest BCUT2D eigenvalue weighted by molar-refractivity contribution is 0.605. The van der Waals surface area contributed by atoms with E-state index < -0.39 is 0 Å². The number of hydrogen-bond acceptors (Lipinski definition) is 2. The molecule has 0 saturated heterocycles. The van der Waals surface area contributed by atoms with E-state index in [0.717, 1.165) is 18.1 Å². The van der Waals surface area contributed by atoms with Crippen LogP contribution in [0, 0.1) is 12.3 Å². The first kappa shape index (κ1) is 14.0. The van der Waals surface area contributed by atoms with Gasteiger partial charge >= 0.3 is 0 Å². The van der Waals surface area contributed by atoms with E-state index in [4.69, 9.17) is 6.42 Å². The average Bonchev–Trinajstić information content (AvgIpc) is 2.46. The standard InChI is InChI=1S/C17H19NS/c1-3-12-19-13-11-18-14(2)16-10-6-8-15-7-4-5-9-17(15)16/h1,4-10,14,18H,11-13H2,2H3. The summed E-state index contributed by atoms with van der Waals surface area (Å²) < 4.78 is 0. The summed E-state index contributed by atoms with van der Waals surface area (Å²) in [6, 6.07) is 15.4. The molecule has 2 heteroatoms. The normalized spacial score (nSPS) is 12.2. The molecule has 1 atom stereocenters. The summed E-state index contributed by atoms with van der Waals surface area (Å²) in [6.07, 6.45) is 5.23. The van der Waals surface area contributed by atoms with Gasteiger partial charge in [0.2, 0.25) is 0 Å². The molecule has 0 bridgehead atoms. The lowest BCUT2D eigenvalue weighted by Gasteiger charge is -2.16. The van der Waals surface area contributed by atoms with Gasteiger partial charge in [-0.25, -0.2) is 0 Å². The summed E-state index contributed by atoms with van der Waals surface area (Å²) in [6.45, 7) is 3.20. The fourth-order valence-electron chi connectivity index (χ4n) is 2.22. The monoisotopic (exact) mass is 269 g/mol. The Morgan fingerprint density at radius 1 is 1.21 bits per heavy atom. The van der Waals surface area contributed by atoms with Crippen molar-refractivity contribution in [3.8, 4) is 12.3 Å². The third-order valence-electron chi connectivity index (χ3n) is 3.17. The quantitative estimate of drug-likeness (QED) is 0.631. The van der Waals surface area contributed by atoms with Crippen molar-refractivity contribution in [2.75, 3.05) is 18.1 Å². The maximum absolute atomic E-state index is 5.23. The lowest BCUT2D eigenvalue weighted by Crippen LogP contribution is -2.21. The molecule has 1 N–H and O–H groups in total. The van der Waals surface area contributed by atoms with Gasteiger partial charge in [-0.05, 0) is 23.3 Å². The van der Waals surface area contributed by atoms with E-state index in [9.17, 15) is 0 Å². The third kappa shape index (κ3) is 3.76. The Morgan fingerprint density at radius 3 is 2.84 bits per heavy atom. The SMILES string of the molecule is C#CCSCCNC(C)c1cccc2ccccc12. The molecule has 0 spiro atoms. The van der Waals surface area contributed by atoms with Gasteiger partial charge in [0.25, 0.3) is 0 Å². The van der Waals surface area contributed by atoms with Crippen LogP contribution in [-0.4, -0.2) is 18.1 Å². The van der Waals surface area contributed by atoms with Crippen molar-refractivity contribution in [2.24, 2.45) is 0 Å². The van der Waals surface area contributed by atoms with E-state index in [1.807, 2.05) is 0 Å². The molecule has 0 amide bonds. The van der Waals surface area contributed by atoms with Crippen LogP contribution in [0.3, 0.4) is 0 Å². The minimum Gasteiger partial charge on any atom is -0.309 e. The number of rotatable bonds is 6. The summed E-state index contributed by atoms with van der Waals surface area (Å²) >= 11 is 1.80. The molecule has 0 radical (unpaired) electrons. The molecular weight excluding hydrogens is 250 g/mol. The molecule has 2 rings (SSSR count). The van der Waals surface area contributed by atoms with Crippen LogP contribution >= 0.6 is 11.8 Å². The zero-order valence-electron chi connectivity index (χ0n) is 11.2. The molecule has 0 aliphatic rings. The highest BCUT2D eigenvalue weighted by atomic mass is 32.2. The molecule has 98 valence electrons. The molecular formula is C17H19NS. The van der Waals surface area contributed by atoms with Gasteiger partial charge < -0.3 is 5.32 Å². The molecule has 0 aliphatic heterocycles. The second-order valence-electron chi connectivity index (χ2n) is 4.50. The first-order valence-electron chi connectivity index (χ1n) is 6.55. The number of thioether (sulfide) groups is 1. The molecule has 0 heterocycles. The maximum Gasteiger partial charge on any atom is 0.0545 e. The third-order valence-corrected chi connectivity index (χ3v) is 4.04. The Hall–Kier alpha value is -1.43. The van der Waals surface area contributed by atoms with Gasteiger partial charge in [-0.1, -0.05) is 48.4 Å². The molecule has 2 aromatic carbocycles. The highest BCUT2D eigenvalue weighted by molar-refractivity contribution is 7.99. The van der Waals surface area contributed by atoms with Crippen molar-refractivity contribution >= 4 is 22.5 Å². The summed E-state index contributed by atoms with van der Waals surface area (Å²) in [5.41, 5.74) is 1.36. The van der Waals surface area contributed by atoms with E-state index in [1.54, 1.807) is 11.8 Å². The van der Waals surface area contributed by atoms with E-state index in [-0.39, 0.29) is 0 Å². The van der Waals surface area contributed by atoms with Gasteiger partial charge in [0, 0.05) is 18.3 Å². The summed E-state index contributed by atoms with van der Waals surface area (Å²) in [5.74, 6) is 4.50. The number of fused-ring (bicyclic) bond motifs is 1. The van der Waals surface area contributed by atoms with Crippen LogP contribution in [0.5, 0.6) is 0 Å². The predicted octanol–water partition coefficient (Wildman–Crippen LogP) is 3.86. The van der Waals surface area contributed by atoms with Crippen molar-refractivity contribution < 1.29 is 0 Å². The van der Waals surface area contributed by atoms with Crippen LogP contribution in [0.2, 0.25) is 0 Å². The van der Waals surface area contributed by atoms with Crippen LogP contribution in [0.15, 0.2) is 42.5 Å². The Kier molecular flexibility index (Phi) is 5.32. The van der Waals surface area contributed by atoms with Gasteiger partial charge in [0.05, 0.1) is 5.75 Å². The summed E-state index contributed by atoms with van der Waals surface area (Å²) in [5, 5.41) is 6.20. The Balaban J connectivity index is 2.01. The number of hydrogen-bond donors (Lipinski definition) is 1. The molecule has 0 aliphatic carbocycles. The maximum atomic E-state index is 5.23. The van der Waals surface area contributed by atoms with E-state index in [0.29, 0.717) is 6.04 Å². The first-order valence-corrected chi connectivity index (χ1v) is 7.70. The minimum atomic E-state index is 0.359. The van der Waals surface area contributed by atoms with Gasteiger partial charge in [0.15, 0.2) is 0 Å². The number of benzene rings is 2. The first-order chi connectivity index (χ1) is 9.33. The molecule has 1 unspecified atom stereocenters. The highest BCUT2D eigenvalue weighted by Gasteiger charge is 2.07. The van der Waals surface area contributed by atoms with Gasteiger partial charge in [-0.2, -0.15) is 0 Å². The molecule has 0 saturated carbocycles. The fraction of sp³-hybridized carbons (Fsp3) is 0.294. The van der Waals surface area contributed by atoms with Crippen molar-refractivity contribution in [3.05, 3.63) is 48.0 Å². The average molecular weight is 269 g/mol. The zero-order chi connectivity index (χ0) is 13.5. The van der Waals surface area contributed by atoms with Crippen molar-refractivity contribution in [3.63, 3.8) is 0 Å².